The van der Waals surface area contributed by atoms with Crippen LogP contribution in [0.3, 0.4) is 0 Å². The van der Waals surface area contributed by atoms with Crippen molar-refractivity contribution < 1.29 is 4.79 Å². The summed E-state index contributed by atoms with van der Waals surface area (Å²) in [6, 6.07) is 4.19. The molecule has 1 fully saturated rings. The Labute approximate surface area is 164 Å². The highest BCUT2D eigenvalue weighted by atomic mass is 16.1. The lowest BCUT2D eigenvalue weighted by atomic mass is 9.95. The molecule has 0 aromatic carbocycles. The molecule has 0 atom stereocenters. The number of pyridine rings is 2. The van der Waals surface area contributed by atoms with Crippen molar-refractivity contribution in [3.05, 3.63) is 48.0 Å². The number of amides is 1. The first-order chi connectivity index (χ1) is 13.8. The minimum Gasteiger partial charge on any atom is -0.381 e. The van der Waals surface area contributed by atoms with Crippen LogP contribution in [0.5, 0.6) is 0 Å². The third-order valence-electron chi connectivity index (χ3n) is 5.34. The molecule has 1 aliphatic carbocycles. The van der Waals surface area contributed by atoms with Gasteiger partial charge in [0.1, 0.15) is 0 Å². The molecule has 1 amide bonds. The zero-order valence-electron chi connectivity index (χ0n) is 16.2. The molecule has 7 heteroatoms. The first-order valence-corrected chi connectivity index (χ1v) is 10.0. The standard InChI is InChI=1S/C21H26N6O/c1-2-27-20-17(14-25-27)19(26-16-8-4-3-5-9-16)18(13-23-20)21(28)24-12-15-7-6-10-22-11-15/h6-7,10-11,13-14,16H,2-5,8-9,12H2,1H3,(H,23,26)(H,24,28). The van der Waals surface area contributed by atoms with E-state index in [0.717, 1.165) is 41.7 Å². The van der Waals surface area contributed by atoms with E-state index in [-0.39, 0.29) is 5.91 Å². The smallest absolute Gasteiger partial charge is 0.255 e. The van der Waals surface area contributed by atoms with Crippen molar-refractivity contribution in [3.8, 4) is 0 Å². The molecule has 0 spiro atoms. The molecule has 7 nitrogen and oxygen atoms in total. The summed E-state index contributed by atoms with van der Waals surface area (Å²) in [7, 11) is 0. The molecule has 0 unspecified atom stereocenters. The Morgan fingerprint density at radius 2 is 2.07 bits per heavy atom. The summed E-state index contributed by atoms with van der Waals surface area (Å²) >= 11 is 0. The van der Waals surface area contributed by atoms with Crippen molar-refractivity contribution in [3.63, 3.8) is 0 Å². The Hall–Kier alpha value is -2.96. The largest absolute Gasteiger partial charge is 0.381 e. The van der Waals surface area contributed by atoms with Gasteiger partial charge >= 0.3 is 0 Å². The van der Waals surface area contributed by atoms with Gasteiger partial charge in [0.15, 0.2) is 5.65 Å². The van der Waals surface area contributed by atoms with Crippen molar-refractivity contribution in [2.45, 2.75) is 58.2 Å². The fourth-order valence-corrected chi connectivity index (χ4v) is 3.82. The SMILES string of the molecule is CCn1ncc2c(NC3CCCCC3)c(C(=O)NCc3cccnc3)cnc21. The zero-order valence-corrected chi connectivity index (χ0v) is 16.2. The number of carbonyl (C=O) groups is 1. The van der Waals surface area contributed by atoms with E-state index in [2.05, 4.69) is 25.7 Å². The highest BCUT2D eigenvalue weighted by Crippen LogP contribution is 2.29. The minimum atomic E-state index is -0.138. The van der Waals surface area contributed by atoms with E-state index in [0.29, 0.717) is 18.2 Å². The van der Waals surface area contributed by atoms with E-state index < -0.39 is 0 Å². The van der Waals surface area contributed by atoms with Crippen molar-refractivity contribution in [1.29, 1.82) is 0 Å². The second-order valence-corrected chi connectivity index (χ2v) is 7.27. The highest BCUT2D eigenvalue weighted by molar-refractivity contribution is 6.06. The summed E-state index contributed by atoms with van der Waals surface area (Å²) in [6.07, 6.45) is 13.0. The third kappa shape index (κ3) is 3.83. The number of aryl methyl sites for hydroxylation is 1. The van der Waals surface area contributed by atoms with E-state index in [4.69, 9.17) is 0 Å². The Bertz CT molecular complexity index is 946. The summed E-state index contributed by atoms with van der Waals surface area (Å²) < 4.78 is 1.86. The number of carbonyl (C=O) groups excluding carboxylic acids is 1. The molecule has 2 N–H and O–H groups in total. The number of aromatic nitrogens is 4. The second kappa shape index (κ2) is 8.37. The normalized spacial score (nSPS) is 14.9. The number of hydrogen-bond acceptors (Lipinski definition) is 5. The predicted octanol–water partition coefficient (Wildman–Crippen LogP) is 3.52. The summed E-state index contributed by atoms with van der Waals surface area (Å²) in [5, 5.41) is 12.0. The minimum absolute atomic E-state index is 0.138. The van der Waals surface area contributed by atoms with Crippen LogP contribution in [0.15, 0.2) is 36.9 Å². The van der Waals surface area contributed by atoms with Crippen LogP contribution in [-0.4, -0.2) is 31.7 Å². The molecule has 0 radical (unpaired) electrons. The van der Waals surface area contributed by atoms with Gasteiger partial charge in [0.05, 0.1) is 22.8 Å². The molecule has 146 valence electrons. The maximum atomic E-state index is 13.0. The van der Waals surface area contributed by atoms with Gasteiger partial charge in [-0.3, -0.25) is 9.78 Å². The monoisotopic (exact) mass is 378 g/mol. The van der Waals surface area contributed by atoms with Crippen LogP contribution in [0.2, 0.25) is 0 Å². The lowest BCUT2D eigenvalue weighted by Gasteiger charge is -2.25. The van der Waals surface area contributed by atoms with Crippen LogP contribution in [0.1, 0.15) is 54.9 Å². The number of fused-ring (bicyclic) bond motifs is 1. The van der Waals surface area contributed by atoms with Gasteiger partial charge in [-0.1, -0.05) is 25.3 Å². The molecule has 0 saturated heterocycles. The van der Waals surface area contributed by atoms with Gasteiger partial charge in [-0.05, 0) is 31.4 Å². The number of rotatable bonds is 6. The van der Waals surface area contributed by atoms with Gasteiger partial charge in [-0.15, -0.1) is 0 Å². The molecular weight excluding hydrogens is 352 g/mol. The number of hydrogen-bond donors (Lipinski definition) is 2. The summed E-state index contributed by atoms with van der Waals surface area (Å²) in [4.78, 5) is 21.6. The van der Waals surface area contributed by atoms with Gasteiger partial charge in [-0.2, -0.15) is 5.10 Å². The Kier molecular flexibility index (Phi) is 5.50. The van der Waals surface area contributed by atoms with Gasteiger partial charge in [0, 0.05) is 37.7 Å². The zero-order chi connectivity index (χ0) is 19.3. The number of nitrogens with one attached hydrogen (secondary N) is 2. The van der Waals surface area contributed by atoms with E-state index in [1.807, 2.05) is 29.9 Å². The van der Waals surface area contributed by atoms with Crippen LogP contribution in [-0.2, 0) is 13.1 Å². The fourth-order valence-electron chi connectivity index (χ4n) is 3.82. The van der Waals surface area contributed by atoms with Crippen LogP contribution >= 0.6 is 0 Å². The molecule has 4 rings (SSSR count). The van der Waals surface area contributed by atoms with Crippen molar-refractivity contribution >= 4 is 22.6 Å². The van der Waals surface area contributed by atoms with Crippen LogP contribution < -0.4 is 10.6 Å². The second-order valence-electron chi connectivity index (χ2n) is 7.27. The first kappa shape index (κ1) is 18.4. The summed E-state index contributed by atoms with van der Waals surface area (Å²) in [6.45, 7) is 3.21. The van der Waals surface area contributed by atoms with Crippen molar-refractivity contribution in [2.75, 3.05) is 5.32 Å². The Balaban J connectivity index is 1.63. The van der Waals surface area contributed by atoms with E-state index in [1.165, 1.54) is 19.3 Å². The van der Waals surface area contributed by atoms with Gasteiger partial charge in [-0.25, -0.2) is 9.67 Å². The van der Waals surface area contributed by atoms with Gasteiger partial charge in [0.2, 0.25) is 0 Å². The van der Waals surface area contributed by atoms with Crippen LogP contribution in [0.25, 0.3) is 11.0 Å². The van der Waals surface area contributed by atoms with E-state index in [1.54, 1.807) is 18.6 Å². The topological polar surface area (TPSA) is 84.7 Å². The number of nitrogens with zero attached hydrogens (tertiary/aromatic N) is 4. The Morgan fingerprint density at radius 1 is 1.21 bits per heavy atom. The van der Waals surface area contributed by atoms with E-state index >= 15 is 0 Å². The maximum Gasteiger partial charge on any atom is 0.255 e. The van der Waals surface area contributed by atoms with E-state index in [9.17, 15) is 4.79 Å². The molecule has 0 bridgehead atoms. The lowest BCUT2D eigenvalue weighted by molar-refractivity contribution is 0.0951. The molecule has 3 aromatic rings. The molecule has 0 aliphatic heterocycles. The Morgan fingerprint density at radius 3 is 2.82 bits per heavy atom. The van der Waals surface area contributed by atoms with Crippen molar-refractivity contribution in [2.24, 2.45) is 0 Å². The summed E-state index contributed by atoms with van der Waals surface area (Å²) in [5.41, 5.74) is 3.19. The molecule has 1 aliphatic rings. The van der Waals surface area contributed by atoms with Crippen molar-refractivity contribution in [1.82, 2.24) is 25.1 Å². The first-order valence-electron chi connectivity index (χ1n) is 10.0. The fraction of sp³-hybridized carbons (Fsp3) is 0.429. The maximum absolute atomic E-state index is 13.0. The van der Waals surface area contributed by atoms with Crippen LogP contribution in [0.4, 0.5) is 5.69 Å². The molecule has 3 aromatic heterocycles. The quantitative estimate of drug-likeness (QED) is 0.685. The molecular formula is C21H26N6O. The van der Waals surface area contributed by atoms with Gasteiger partial charge in [0.25, 0.3) is 5.91 Å². The van der Waals surface area contributed by atoms with Gasteiger partial charge < -0.3 is 10.6 Å². The predicted molar refractivity (Wildman–Crippen MR) is 109 cm³/mol. The average molecular weight is 378 g/mol. The molecule has 1 saturated carbocycles. The third-order valence-corrected chi connectivity index (χ3v) is 5.34. The van der Waals surface area contributed by atoms with Crippen LogP contribution in [0, 0.1) is 0 Å². The average Bonchev–Trinajstić information content (AvgIpc) is 3.17. The highest BCUT2D eigenvalue weighted by Gasteiger charge is 2.21. The molecule has 28 heavy (non-hydrogen) atoms. The summed E-state index contributed by atoms with van der Waals surface area (Å²) in [5.74, 6) is -0.138. The lowest BCUT2D eigenvalue weighted by Crippen LogP contribution is -2.27. The molecule has 3 heterocycles. The number of anilines is 1.